The summed E-state index contributed by atoms with van der Waals surface area (Å²) >= 11 is 0. The zero-order valence-electron chi connectivity index (χ0n) is 7.75. The van der Waals surface area contributed by atoms with Crippen LogP contribution in [0, 0.1) is 0 Å². The van der Waals surface area contributed by atoms with Crippen LogP contribution in [0.2, 0.25) is 0 Å². The molecule has 1 rings (SSSR count). The van der Waals surface area contributed by atoms with E-state index in [1.54, 1.807) is 0 Å². The van der Waals surface area contributed by atoms with E-state index in [0.717, 1.165) is 12.8 Å². The third-order valence-corrected chi connectivity index (χ3v) is 1.68. The average molecular weight is 161 g/mol. The smallest absolute Gasteiger partial charge is 0.0406 e. The number of rotatable bonds is 3. The van der Waals surface area contributed by atoms with Crippen molar-refractivity contribution in [2.75, 3.05) is 0 Å². The Hall–Kier alpha value is -1.11. The van der Waals surface area contributed by atoms with Crippen molar-refractivity contribution in [2.24, 2.45) is 0 Å². The number of nitrogens with zero attached hydrogens (tertiary/aromatic N) is 1. The summed E-state index contributed by atoms with van der Waals surface area (Å²) in [6, 6.07) is 6.05. The van der Waals surface area contributed by atoms with Gasteiger partial charge in [-0.05, 0) is 38.8 Å². The summed E-state index contributed by atoms with van der Waals surface area (Å²) in [5.41, 5.74) is 2.56. The van der Waals surface area contributed by atoms with E-state index < -0.39 is 0 Å². The third kappa shape index (κ3) is 3.33. The van der Waals surface area contributed by atoms with Crippen molar-refractivity contribution in [1.82, 2.24) is 4.98 Å². The van der Waals surface area contributed by atoms with Crippen LogP contribution in [0.5, 0.6) is 0 Å². The lowest BCUT2D eigenvalue weighted by molar-refractivity contribution is 0.936. The fourth-order valence-corrected chi connectivity index (χ4v) is 1.05. The quantitative estimate of drug-likeness (QED) is 0.621. The van der Waals surface area contributed by atoms with E-state index in [-0.39, 0.29) is 0 Å². The topological polar surface area (TPSA) is 12.9 Å². The normalized spacial score (nSPS) is 9.50. The molecule has 0 saturated heterocycles. The molecule has 0 atom stereocenters. The summed E-state index contributed by atoms with van der Waals surface area (Å²) in [7, 11) is 0. The lowest BCUT2D eigenvalue weighted by Crippen LogP contribution is -1.86. The predicted molar refractivity (Wildman–Crippen MR) is 52.0 cm³/mol. The highest BCUT2D eigenvalue weighted by atomic mass is 14.7. The van der Waals surface area contributed by atoms with Gasteiger partial charge in [0.05, 0.1) is 0 Å². The first-order chi connectivity index (χ1) is 5.79. The zero-order chi connectivity index (χ0) is 8.81. The lowest BCUT2D eigenvalue weighted by atomic mass is 10.2. The molecule has 1 heteroatoms. The van der Waals surface area contributed by atoms with Crippen molar-refractivity contribution in [3.8, 4) is 0 Å². The van der Waals surface area contributed by atoms with Gasteiger partial charge in [0.15, 0.2) is 0 Å². The maximum atomic E-state index is 4.25. The second kappa shape index (κ2) is 4.70. The van der Waals surface area contributed by atoms with Gasteiger partial charge >= 0.3 is 0 Å². The van der Waals surface area contributed by atoms with Crippen LogP contribution in [-0.2, 0) is 6.42 Å². The first kappa shape index (κ1) is 8.98. The van der Waals surface area contributed by atoms with Gasteiger partial charge in [0, 0.05) is 11.9 Å². The highest BCUT2D eigenvalue weighted by Crippen LogP contribution is 2.01. The number of aryl methyl sites for hydroxylation is 1. The Labute approximate surface area is 74.2 Å². The van der Waals surface area contributed by atoms with Crippen LogP contribution in [0.15, 0.2) is 36.0 Å². The van der Waals surface area contributed by atoms with Crippen LogP contribution >= 0.6 is 0 Å². The van der Waals surface area contributed by atoms with Crippen LogP contribution in [0.1, 0.15) is 26.0 Å². The molecule has 0 aromatic carbocycles. The lowest BCUT2D eigenvalue weighted by Gasteiger charge is -1.95. The predicted octanol–water partition coefficient (Wildman–Crippen LogP) is 2.98. The number of aromatic nitrogens is 1. The molecule has 0 fully saturated rings. The molecule has 0 spiro atoms. The number of pyridine rings is 1. The summed E-state index contributed by atoms with van der Waals surface area (Å²) in [6.07, 6.45) is 6.23. The van der Waals surface area contributed by atoms with E-state index in [9.17, 15) is 0 Å². The zero-order valence-corrected chi connectivity index (χ0v) is 7.75. The van der Waals surface area contributed by atoms with Crippen LogP contribution in [0.25, 0.3) is 0 Å². The van der Waals surface area contributed by atoms with Gasteiger partial charge < -0.3 is 0 Å². The minimum absolute atomic E-state index is 1.05. The van der Waals surface area contributed by atoms with Crippen molar-refractivity contribution >= 4 is 0 Å². The molecule has 12 heavy (non-hydrogen) atoms. The molecule has 1 aromatic rings. The molecule has 1 nitrogen and oxygen atoms in total. The number of hydrogen-bond acceptors (Lipinski definition) is 1. The van der Waals surface area contributed by atoms with Crippen LogP contribution in [-0.4, -0.2) is 4.98 Å². The molecule has 0 radical (unpaired) electrons. The summed E-state index contributed by atoms with van der Waals surface area (Å²) < 4.78 is 0. The maximum Gasteiger partial charge on any atom is 0.0406 e. The van der Waals surface area contributed by atoms with Gasteiger partial charge in [-0.2, -0.15) is 0 Å². The molecular weight excluding hydrogens is 146 g/mol. The van der Waals surface area contributed by atoms with Gasteiger partial charge in [0.1, 0.15) is 0 Å². The first-order valence-corrected chi connectivity index (χ1v) is 4.32. The van der Waals surface area contributed by atoms with Gasteiger partial charge in [-0.3, -0.25) is 4.98 Å². The van der Waals surface area contributed by atoms with Crippen molar-refractivity contribution in [3.63, 3.8) is 0 Å². The second-order valence-electron chi connectivity index (χ2n) is 3.14. The summed E-state index contributed by atoms with van der Waals surface area (Å²) in [6.45, 7) is 4.25. The van der Waals surface area contributed by atoms with E-state index >= 15 is 0 Å². The maximum absolute atomic E-state index is 4.25. The van der Waals surface area contributed by atoms with Crippen molar-refractivity contribution in [3.05, 3.63) is 41.7 Å². The molecular formula is C11H15N. The van der Waals surface area contributed by atoms with E-state index in [1.807, 2.05) is 18.3 Å². The monoisotopic (exact) mass is 161 g/mol. The Morgan fingerprint density at radius 1 is 1.42 bits per heavy atom. The van der Waals surface area contributed by atoms with E-state index in [4.69, 9.17) is 0 Å². The Morgan fingerprint density at radius 3 is 2.83 bits per heavy atom. The second-order valence-corrected chi connectivity index (χ2v) is 3.14. The fourth-order valence-electron chi connectivity index (χ4n) is 1.05. The molecule has 0 aliphatic heterocycles. The van der Waals surface area contributed by atoms with Gasteiger partial charge in [-0.1, -0.05) is 17.7 Å². The number of hydrogen-bond donors (Lipinski definition) is 0. The van der Waals surface area contributed by atoms with Crippen LogP contribution < -0.4 is 0 Å². The van der Waals surface area contributed by atoms with Crippen molar-refractivity contribution in [1.29, 1.82) is 0 Å². The number of allylic oxidation sites excluding steroid dienone is 2. The Kier molecular flexibility index (Phi) is 3.52. The summed E-state index contributed by atoms with van der Waals surface area (Å²) in [4.78, 5) is 4.25. The van der Waals surface area contributed by atoms with E-state index in [1.165, 1.54) is 11.3 Å². The molecule has 0 unspecified atom stereocenters. The summed E-state index contributed by atoms with van der Waals surface area (Å²) in [5, 5.41) is 0. The van der Waals surface area contributed by atoms with Gasteiger partial charge in [0.2, 0.25) is 0 Å². The highest BCUT2D eigenvalue weighted by Gasteiger charge is 1.89. The molecule has 64 valence electrons. The Morgan fingerprint density at radius 2 is 2.25 bits per heavy atom. The minimum atomic E-state index is 1.05. The van der Waals surface area contributed by atoms with Crippen LogP contribution in [0.4, 0.5) is 0 Å². The molecule has 0 bridgehead atoms. The van der Waals surface area contributed by atoms with Gasteiger partial charge in [-0.25, -0.2) is 0 Å². The van der Waals surface area contributed by atoms with Crippen molar-refractivity contribution < 1.29 is 0 Å². The summed E-state index contributed by atoms with van der Waals surface area (Å²) in [5.74, 6) is 0. The fraction of sp³-hybridized carbons (Fsp3) is 0.364. The SMILES string of the molecule is CC(C)=CCCc1ccccn1. The Balaban J connectivity index is 2.39. The molecule has 1 aromatic heterocycles. The highest BCUT2D eigenvalue weighted by molar-refractivity contribution is 5.05. The third-order valence-electron chi connectivity index (χ3n) is 1.68. The van der Waals surface area contributed by atoms with Crippen LogP contribution in [0.3, 0.4) is 0 Å². The molecule has 0 aliphatic rings. The standard InChI is InChI=1S/C11H15N/c1-10(2)6-5-8-11-7-3-4-9-12-11/h3-4,6-7,9H,5,8H2,1-2H3. The van der Waals surface area contributed by atoms with E-state index in [0.29, 0.717) is 0 Å². The largest absolute Gasteiger partial charge is 0.261 e. The first-order valence-electron chi connectivity index (χ1n) is 4.32. The van der Waals surface area contributed by atoms with Gasteiger partial charge in [0.25, 0.3) is 0 Å². The molecule has 0 saturated carbocycles. The molecule has 0 amide bonds. The van der Waals surface area contributed by atoms with E-state index in [2.05, 4.69) is 31.0 Å². The minimum Gasteiger partial charge on any atom is -0.261 e. The molecule has 1 heterocycles. The Bertz CT molecular complexity index is 245. The average Bonchev–Trinajstić information content (AvgIpc) is 2.05. The molecule has 0 aliphatic carbocycles. The van der Waals surface area contributed by atoms with Gasteiger partial charge in [-0.15, -0.1) is 0 Å². The molecule has 0 N–H and O–H groups in total. The van der Waals surface area contributed by atoms with Crippen molar-refractivity contribution in [2.45, 2.75) is 26.7 Å².